The fourth-order valence-electron chi connectivity index (χ4n) is 2.49. The third kappa shape index (κ3) is 4.25. The molecule has 1 saturated carbocycles. The van der Waals surface area contributed by atoms with Crippen molar-refractivity contribution >= 4 is 17.3 Å². The first-order chi connectivity index (χ1) is 10.2. The van der Waals surface area contributed by atoms with E-state index in [1.807, 2.05) is 0 Å². The van der Waals surface area contributed by atoms with Gasteiger partial charge in [0.2, 0.25) is 11.6 Å². The van der Waals surface area contributed by atoms with Crippen LogP contribution in [0, 0.1) is 10.1 Å². The second-order valence-corrected chi connectivity index (χ2v) is 4.98. The quantitative estimate of drug-likeness (QED) is 0.451. The second kappa shape index (κ2) is 7.72. The highest BCUT2D eigenvalue weighted by atomic mass is 16.6. The van der Waals surface area contributed by atoms with Gasteiger partial charge in [0, 0.05) is 13.6 Å². The zero-order chi connectivity index (χ0) is 15.1. The molecule has 1 aliphatic carbocycles. The molecule has 116 valence electrons. The van der Waals surface area contributed by atoms with Gasteiger partial charge in [0.05, 0.1) is 17.6 Å². The van der Waals surface area contributed by atoms with Gasteiger partial charge in [0.25, 0.3) is 0 Å². The average Bonchev–Trinajstić information content (AvgIpc) is 2.52. The molecule has 1 fully saturated rings. The zero-order valence-corrected chi connectivity index (χ0v) is 12.2. The molecule has 0 spiro atoms. The van der Waals surface area contributed by atoms with Gasteiger partial charge in [-0.1, -0.05) is 19.3 Å². The van der Waals surface area contributed by atoms with Crippen molar-refractivity contribution in [2.75, 3.05) is 30.8 Å². The molecule has 0 radical (unpaired) electrons. The van der Waals surface area contributed by atoms with E-state index in [0.717, 1.165) is 12.8 Å². The Morgan fingerprint density at radius 2 is 2.05 bits per heavy atom. The van der Waals surface area contributed by atoms with Gasteiger partial charge >= 0.3 is 5.69 Å². The van der Waals surface area contributed by atoms with Gasteiger partial charge in [-0.25, -0.2) is 9.97 Å². The van der Waals surface area contributed by atoms with Crippen molar-refractivity contribution < 1.29 is 9.66 Å². The summed E-state index contributed by atoms with van der Waals surface area (Å²) >= 11 is 0. The fraction of sp³-hybridized carbons (Fsp3) is 0.692. The van der Waals surface area contributed by atoms with Crippen LogP contribution in [0.1, 0.15) is 32.1 Å². The second-order valence-electron chi connectivity index (χ2n) is 4.98. The van der Waals surface area contributed by atoms with Gasteiger partial charge in [-0.2, -0.15) is 0 Å². The Kier molecular flexibility index (Phi) is 5.68. The molecule has 2 N–H and O–H groups in total. The first kappa shape index (κ1) is 15.4. The summed E-state index contributed by atoms with van der Waals surface area (Å²) in [5.41, 5.74) is -0.141. The summed E-state index contributed by atoms with van der Waals surface area (Å²) < 4.78 is 5.77. The Labute approximate surface area is 123 Å². The molecule has 1 aromatic rings. The van der Waals surface area contributed by atoms with Crippen LogP contribution in [0.15, 0.2) is 6.33 Å². The van der Waals surface area contributed by atoms with Gasteiger partial charge < -0.3 is 15.4 Å². The number of ether oxygens (including phenoxy) is 1. The Bertz CT molecular complexity index is 477. The van der Waals surface area contributed by atoms with E-state index in [-0.39, 0.29) is 17.3 Å². The monoisotopic (exact) mass is 295 g/mol. The maximum Gasteiger partial charge on any atom is 0.353 e. The summed E-state index contributed by atoms with van der Waals surface area (Å²) in [5.74, 6) is 0.414. The van der Waals surface area contributed by atoms with Gasteiger partial charge in [-0.05, 0) is 12.8 Å². The minimum atomic E-state index is -0.490. The number of anilines is 2. The molecular weight excluding hydrogens is 274 g/mol. The molecular formula is C13H21N5O3. The maximum atomic E-state index is 11.1. The van der Waals surface area contributed by atoms with E-state index < -0.39 is 4.92 Å². The van der Waals surface area contributed by atoms with E-state index in [0.29, 0.717) is 19.3 Å². The van der Waals surface area contributed by atoms with Crippen LogP contribution in [0.3, 0.4) is 0 Å². The zero-order valence-electron chi connectivity index (χ0n) is 12.2. The Balaban J connectivity index is 1.86. The first-order valence-corrected chi connectivity index (χ1v) is 7.25. The van der Waals surface area contributed by atoms with Crippen molar-refractivity contribution in [1.29, 1.82) is 0 Å². The molecule has 1 aliphatic rings. The summed E-state index contributed by atoms with van der Waals surface area (Å²) in [4.78, 5) is 18.4. The Hall–Kier alpha value is -1.96. The number of aromatic nitrogens is 2. The van der Waals surface area contributed by atoms with Gasteiger partial charge in [0.1, 0.15) is 6.33 Å². The molecule has 0 bridgehead atoms. The lowest BCUT2D eigenvalue weighted by molar-refractivity contribution is -0.383. The minimum Gasteiger partial charge on any atom is -0.376 e. The van der Waals surface area contributed by atoms with Crippen molar-refractivity contribution in [3.63, 3.8) is 0 Å². The summed E-state index contributed by atoms with van der Waals surface area (Å²) in [6, 6.07) is 0. The van der Waals surface area contributed by atoms with E-state index in [9.17, 15) is 10.1 Å². The third-order valence-corrected chi connectivity index (χ3v) is 3.54. The molecule has 0 atom stereocenters. The number of nitrogens with one attached hydrogen (secondary N) is 2. The molecule has 8 nitrogen and oxygen atoms in total. The summed E-state index contributed by atoms with van der Waals surface area (Å²) in [5, 5.41) is 16.7. The normalized spacial score (nSPS) is 15.7. The standard InChI is InChI=1S/C13H21N5O3/c1-14-12-11(18(19)20)13(17-9-16-12)15-7-8-21-10-5-3-2-4-6-10/h9-10H,2-8H2,1H3,(H2,14,15,16,17). The average molecular weight is 295 g/mol. The molecule has 21 heavy (non-hydrogen) atoms. The smallest absolute Gasteiger partial charge is 0.353 e. The van der Waals surface area contributed by atoms with Crippen LogP contribution < -0.4 is 10.6 Å². The maximum absolute atomic E-state index is 11.1. The van der Waals surface area contributed by atoms with Gasteiger partial charge in [-0.15, -0.1) is 0 Å². The van der Waals surface area contributed by atoms with E-state index in [1.165, 1.54) is 25.6 Å². The molecule has 0 amide bonds. The number of hydrogen-bond acceptors (Lipinski definition) is 7. The largest absolute Gasteiger partial charge is 0.376 e. The topological polar surface area (TPSA) is 102 Å². The molecule has 0 saturated heterocycles. The van der Waals surface area contributed by atoms with Gasteiger partial charge in [-0.3, -0.25) is 10.1 Å². The number of nitro groups is 1. The first-order valence-electron chi connectivity index (χ1n) is 7.25. The predicted molar refractivity (Wildman–Crippen MR) is 79.5 cm³/mol. The van der Waals surface area contributed by atoms with Crippen molar-refractivity contribution in [2.24, 2.45) is 0 Å². The van der Waals surface area contributed by atoms with Crippen molar-refractivity contribution in [3.8, 4) is 0 Å². The highest BCUT2D eigenvalue weighted by Crippen LogP contribution is 2.28. The number of nitrogens with zero attached hydrogens (tertiary/aromatic N) is 3. The molecule has 0 unspecified atom stereocenters. The summed E-state index contributed by atoms with van der Waals surface area (Å²) in [7, 11) is 1.59. The van der Waals surface area contributed by atoms with E-state index >= 15 is 0 Å². The Morgan fingerprint density at radius 1 is 1.33 bits per heavy atom. The lowest BCUT2D eigenvalue weighted by atomic mass is 9.98. The summed E-state index contributed by atoms with van der Waals surface area (Å²) in [6.45, 7) is 0.998. The lowest BCUT2D eigenvalue weighted by Crippen LogP contribution is -2.21. The SMILES string of the molecule is CNc1ncnc(NCCOC2CCCCC2)c1[N+](=O)[O-]. The lowest BCUT2D eigenvalue weighted by Gasteiger charge is -2.22. The summed E-state index contributed by atoms with van der Waals surface area (Å²) in [6.07, 6.45) is 7.58. The van der Waals surface area contributed by atoms with Crippen LogP contribution in [0.25, 0.3) is 0 Å². The third-order valence-electron chi connectivity index (χ3n) is 3.54. The van der Waals surface area contributed by atoms with Crippen LogP contribution in [-0.4, -0.2) is 41.2 Å². The molecule has 2 rings (SSSR count). The molecule has 0 aliphatic heterocycles. The predicted octanol–water partition coefficient (Wildman–Crippen LogP) is 2.19. The van der Waals surface area contributed by atoms with Crippen LogP contribution >= 0.6 is 0 Å². The van der Waals surface area contributed by atoms with Gasteiger partial charge in [0.15, 0.2) is 0 Å². The molecule has 1 aromatic heterocycles. The van der Waals surface area contributed by atoms with Crippen LogP contribution in [0.5, 0.6) is 0 Å². The van der Waals surface area contributed by atoms with Crippen molar-refractivity contribution in [3.05, 3.63) is 16.4 Å². The van der Waals surface area contributed by atoms with E-state index in [1.54, 1.807) is 7.05 Å². The minimum absolute atomic E-state index is 0.141. The van der Waals surface area contributed by atoms with Crippen LogP contribution in [0.2, 0.25) is 0 Å². The van der Waals surface area contributed by atoms with Crippen molar-refractivity contribution in [2.45, 2.75) is 38.2 Å². The fourth-order valence-corrected chi connectivity index (χ4v) is 2.49. The number of rotatable bonds is 7. The van der Waals surface area contributed by atoms with E-state index in [4.69, 9.17) is 4.74 Å². The van der Waals surface area contributed by atoms with Crippen LogP contribution in [0.4, 0.5) is 17.3 Å². The molecule has 0 aromatic carbocycles. The van der Waals surface area contributed by atoms with E-state index in [2.05, 4.69) is 20.6 Å². The van der Waals surface area contributed by atoms with Crippen molar-refractivity contribution in [1.82, 2.24) is 9.97 Å². The number of hydrogen-bond donors (Lipinski definition) is 2. The highest BCUT2D eigenvalue weighted by Gasteiger charge is 2.21. The van der Waals surface area contributed by atoms with Crippen LogP contribution in [-0.2, 0) is 4.74 Å². The molecule has 1 heterocycles. The molecule has 8 heteroatoms. The highest BCUT2D eigenvalue weighted by molar-refractivity contribution is 5.68. The Morgan fingerprint density at radius 3 is 2.71 bits per heavy atom.